The quantitative estimate of drug-likeness (QED) is 0.898. The zero-order valence-electron chi connectivity index (χ0n) is 11.3. The van der Waals surface area contributed by atoms with Crippen LogP contribution in [0.3, 0.4) is 0 Å². The Morgan fingerprint density at radius 2 is 2.15 bits per heavy atom. The van der Waals surface area contributed by atoms with Gasteiger partial charge < -0.3 is 10.0 Å². The van der Waals surface area contributed by atoms with Gasteiger partial charge in [-0.3, -0.25) is 5.10 Å². The highest BCUT2D eigenvalue weighted by molar-refractivity contribution is 5.86. The number of carboxylic acids is 1. The molecule has 0 bridgehead atoms. The number of nitrogens with zero attached hydrogens (tertiary/aromatic N) is 2. The number of hydrogen-bond acceptors (Lipinski definition) is 3. The van der Waals surface area contributed by atoms with Gasteiger partial charge >= 0.3 is 5.97 Å². The predicted molar refractivity (Wildman–Crippen MR) is 75.8 cm³/mol. The Balaban J connectivity index is 1.80. The van der Waals surface area contributed by atoms with Gasteiger partial charge in [0, 0.05) is 12.1 Å². The normalized spacial score (nSPS) is 19.4. The Bertz CT molecular complexity index is 618. The molecular formula is C15H17N3O2. The van der Waals surface area contributed by atoms with Crippen LogP contribution in [-0.2, 0) is 0 Å². The van der Waals surface area contributed by atoms with Crippen molar-refractivity contribution in [1.29, 1.82) is 0 Å². The van der Waals surface area contributed by atoms with Crippen LogP contribution in [0.2, 0.25) is 0 Å². The predicted octanol–water partition coefficient (Wildman–Crippen LogP) is 2.19. The lowest BCUT2D eigenvalue weighted by Gasteiger charge is -2.11. The monoisotopic (exact) mass is 271 g/mol. The van der Waals surface area contributed by atoms with Crippen molar-refractivity contribution in [3.05, 3.63) is 41.6 Å². The van der Waals surface area contributed by atoms with Crippen LogP contribution in [0.1, 0.15) is 28.4 Å². The van der Waals surface area contributed by atoms with Crippen molar-refractivity contribution in [2.24, 2.45) is 0 Å². The number of hydrogen-bond donors (Lipinski definition) is 2. The number of nitrogens with one attached hydrogen (secondary N) is 1. The third-order valence-electron chi connectivity index (χ3n) is 3.88. The van der Waals surface area contributed by atoms with Gasteiger partial charge in [-0.2, -0.15) is 5.10 Å². The molecule has 2 heterocycles. The highest BCUT2D eigenvalue weighted by Crippen LogP contribution is 2.28. The van der Waals surface area contributed by atoms with Gasteiger partial charge in [0.05, 0.1) is 5.69 Å². The largest absolute Gasteiger partial charge is 0.477 e. The molecule has 1 saturated heterocycles. The van der Waals surface area contributed by atoms with E-state index >= 15 is 0 Å². The first-order valence-corrected chi connectivity index (χ1v) is 6.71. The topological polar surface area (TPSA) is 69.2 Å². The Morgan fingerprint density at radius 3 is 2.70 bits per heavy atom. The minimum atomic E-state index is -0.991. The second-order valence-corrected chi connectivity index (χ2v) is 5.34. The zero-order valence-corrected chi connectivity index (χ0v) is 11.3. The number of aromatic amines is 1. The molecule has 0 amide bonds. The van der Waals surface area contributed by atoms with E-state index in [0.29, 0.717) is 11.6 Å². The summed E-state index contributed by atoms with van der Waals surface area (Å²) in [6.45, 7) is 2.25. The molecule has 5 heteroatoms. The van der Waals surface area contributed by atoms with E-state index in [4.69, 9.17) is 5.11 Å². The third-order valence-corrected chi connectivity index (χ3v) is 3.88. The Hall–Kier alpha value is -2.14. The molecule has 0 radical (unpaired) electrons. The van der Waals surface area contributed by atoms with Crippen LogP contribution in [0.5, 0.6) is 0 Å². The lowest BCUT2D eigenvalue weighted by atomic mass is 9.97. The van der Waals surface area contributed by atoms with Gasteiger partial charge in [-0.05, 0) is 37.6 Å². The number of likely N-dealkylation sites (tertiary alicyclic amines) is 1. The fourth-order valence-corrected chi connectivity index (χ4v) is 2.71. The molecule has 1 aromatic heterocycles. The summed E-state index contributed by atoms with van der Waals surface area (Å²) >= 11 is 0. The van der Waals surface area contributed by atoms with Crippen molar-refractivity contribution >= 4 is 5.97 Å². The summed E-state index contributed by atoms with van der Waals surface area (Å²) in [6.07, 6.45) is 1.20. The first kappa shape index (κ1) is 12.9. The molecule has 5 nitrogen and oxygen atoms in total. The smallest absolute Gasteiger partial charge is 0.353 e. The Labute approximate surface area is 117 Å². The van der Waals surface area contributed by atoms with Gasteiger partial charge in [-0.15, -0.1) is 0 Å². The maximum absolute atomic E-state index is 10.8. The summed E-state index contributed by atoms with van der Waals surface area (Å²) < 4.78 is 0. The van der Waals surface area contributed by atoms with E-state index in [0.717, 1.165) is 18.7 Å². The van der Waals surface area contributed by atoms with Crippen molar-refractivity contribution < 1.29 is 9.90 Å². The first-order chi connectivity index (χ1) is 9.63. The summed E-state index contributed by atoms with van der Waals surface area (Å²) in [5.74, 6) is -0.392. The molecule has 0 spiro atoms. The number of likely N-dealkylation sites (N-methyl/N-ethyl adjacent to an activating group) is 1. The number of carboxylic acid groups (broad SMARTS) is 1. The molecule has 0 aliphatic carbocycles. The van der Waals surface area contributed by atoms with Crippen LogP contribution < -0.4 is 0 Å². The molecule has 1 aliphatic heterocycles. The van der Waals surface area contributed by atoms with Gasteiger partial charge in [0.2, 0.25) is 0 Å². The zero-order chi connectivity index (χ0) is 14.1. The van der Waals surface area contributed by atoms with Gasteiger partial charge in [0.15, 0.2) is 0 Å². The molecule has 2 aromatic rings. The van der Waals surface area contributed by atoms with Gasteiger partial charge in [0.1, 0.15) is 5.69 Å². The number of aromatic carboxylic acids is 1. The molecule has 1 aromatic carbocycles. The van der Waals surface area contributed by atoms with Crippen molar-refractivity contribution in [2.45, 2.75) is 12.3 Å². The molecule has 3 rings (SSSR count). The maximum atomic E-state index is 10.8. The van der Waals surface area contributed by atoms with E-state index in [1.54, 1.807) is 6.07 Å². The van der Waals surface area contributed by atoms with Crippen LogP contribution >= 0.6 is 0 Å². The van der Waals surface area contributed by atoms with E-state index in [9.17, 15) is 4.79 Å². The van der Waals surface area contributed by atoms with Gasteiger partial charge in [0.25, 0.3) is 0 Å². The average molecular weight is 271 g/mol. The summed E-state index contributed by atoms with van der Waals surface area (Å²) in [5.41, 5.74) is 3.05. The standard InChI is InChI=1S/C15H17N3O2/c1-18-7-6-12(9-18)10-2-4-11(5-3-10)13-8-14(15(19)20)17-16-13/h2-5,8,12H,6-7,9H2,1H3,(H,16,17)(H,19,20). The minimum absolute atomic E-state index is 0.112. The number of benzene rings is 1. The molecule has 1 aliphatic rings. The fourth-order valence-electron chi connectivity index (χ4n) is 2.71. The van der Waals surface area contributed by atoms with Crippen LogP contribution in [0.25, 0.3) is 11.3 Å². The number of H-pyrrole nitrogens is 1. The minimum Gasteiger partial charge on any atom is -0.477 e. The van der Waals surface area contributed by atoms with E-state index in [1.165, 1.54) is 12.0 Å². The number of carbonyl (C=O) groups is 1. The van der Waals surface area contributed by atoms with Crippen molar-refractivity contribution in [1.82, 2.24) is 15.1 Å². The van der Waals surface area contributed by atoms with E-state index in [-0.39, 0.29) is 5.69 Å². The van der Waals surface area contributed by atoms with Crippen LogP contribution in [0, 0.1) is 0 Å². The molecule has 20 heavy (non-hydrogen) atoms. The lowest BCUT2D eigenvalue weighted by molar-refractivity contribution is 0.0690. The summed E-state index contributed by atoms with van der Waals surface area (Å²) in [5, 5.41) is 15.4. The average Bonchev–Trinajstić information content (AvgIpc) is 3.08. The molecule has 1 atom stereocenters. The van der Waals surface area contributed by atoms with Crippen LogP contribution in [0.15, 0.2) is 30.3 Å². The van der Waals surface area contributed by atoms with Crippen molar-refractivity contribution in [3.8, 4) is 11.3 Å². The van der Waals surface area contributed by atoms with Gasteiger partial charge in [-0.1, -0.05) is 24.3 Å². The fraction of sp³-hybridized carbons (Fsp3) is 0.333. The SMILES string of the molecule is CN1CCC(c2ccc(-c3cc(C(=O)O)[nH]n3)cc2)C1. The molecule has 0 saturated carbocycles. The van der Waals surface area contributed by atoms with Crippen LogP contribution in [-0.4, -0.2) is 46.3 Å². The molecule has 2 N–H and O–H groups in total. The third kappa shape index (κ3) is 2.44. The second kappa shape index (κ2) is 5.09. The van der Waals surface area contributed by atoms with Crippen LogP contribution in [0.4, 0.5) is 0 Å². The second-order valence-electron chi connectivity index (χ2n) is 5.34. The highest BCUT2D eigenvalue weighted by Gasteiger charge is 2.20. The summed E-state index contributed by atoms with van der Waals surface area (Å²) in [7, 11) is 2.14. The lowest BCUT2D eigenvalue weighted by Crippen LogP contribution is -2.13. The summed E-state index contributed by atoms with van der Waals surface area (Å²) in [6, 6.07) is 9.81. The van der Waals surface area contributed by atoms with E-state index < -0.39 is 5.97 Å². The maximum Gasteiger partial charge on any atom is 0.353 e. The first-order valence-electron chi connectivity index (χ1n) is 6.71. The van der Waals surface area contributed by atoms with Crippen molar-refractivity contribution in [3.63, 3.8) is 0 Å². The Kier molecular flexibility index (Phi) is 3.28. The van der Waals surface area contributed by atoms with E-state index in [2.05, 4.69) is 34.3 Å². The van der Waals surface area contributed by atoms with Gasteiger partial charge in [-0.25, -0.2) is 4.79 Å². The molecule has 104 valence electrons. The Morgan fingerprint density at radius 1 is 1.40 bits per heavy atom. The number of rotatable bonds is 3. The molecule has 1 unspecified atom stereocenters. The molecule has 1 fully saturated rings. The highest BCUT2D eigenvalue weighted by atomic mass is 16.4. The van der Waals surface area contributed by atoms with E-state index in [1.807, 2.05) is 12.1 Å². The summed E-state index contributed by atoms with van der Waals surface area (Å²) in [4.78, 5) is 13.2. The number of aromatic nitrogens is 2. The van der Waals surface area contributed by atoms with Crippen molar-refractivity contribution in [2.75, 3.05) is 20.1 Å². The molecular weight excluding hydrogens is 254 g/mol.